The maximum Gasteiger partial charge on any atom is 0.338 e. The van der Waals surface area contributed by atoms with Gasteiger partial charge < -0.3 is 9.30 Å². The van der Waals surface area contributed by atoms with Gasteiger partial charge in [0.25, 0.3) is 0 Å². The van der Waals surface area contributed by atoms with E-state index in [-0.39, 0.29) is 5.97 Å². The average Bonchev–Trinajstić information content (AvgIpc) is 3.18. The van der Waals surface area contributed by atoms with Crippen molar-refractivity contribution in [2.75, 3.05) is 6.61 Å². The first-order valence-electron chi connectivity index (χ1n) is 9.09. The molecule has 4 nitrogen and oxygen atoms in total. The summed E-state index contributed by atoms with van der Waals surface area (Å²) < 4.78 is 6.93. The van der Waals surface area contributed by atoms with Crippen LogP contribution in [0.3, 0.4) is 0 Å². The molecule has 28 heavy (non-hydrogen) atoms. The standard InChI is InChI=1S/C24H18N2O2/c1-2-28-24(27)18-10-12-20(13-11-18)26-15-19(14-25)23(16-26)22-9-5-7-17-6-3-4-8-21(17)22/h3-13,15-16H,2H2,1H3. The van der Waals surface area contributed by atoms with Crippen LogP contribution in [-0.4, -0.2) is 17.1 Å². The second-order valence-corrected chi connectivity index (χ2v) is 6.40. The summed E-state index contributed by atoms with van der Waals surface area (Å²) in [5, 5.41) is 11.9. The molecule has 0 saturated heterocycles. The molecule has 0 saturated carbocycles. The fourth-order valence-corrected chi connectivity index (χ4v) is 3.35. The predicted molar refractivity (Wildman–Crippen MR) is 109 cm³/mol. The summed E-state index contributed by atoms with van der Waals surface area (Å²) in [6.07, 6.45) is 3.77. The third-order valence-electron chi connectivity index (χ3n) is 4.70. The van der Waals surface area contributed by atoms with Gasteiger partial charge in [0.2, 0.25) is 0 Å². The molecule has 0 aliphatic heterocycles. The summed E-state index contributed by atoms with van der Waals surface area (Å²) in [6, 6.07) is 23.7. The van der Waals surface area contributed by atoms with Crippen LogP contribution in [0, 0.1) is 11.3 Å². The summed E-state index contributed by atoms with van der Waals surface area (Å²) in [5.41, 5.74) is 3.89. The minimum Gasteiger partial charge on any atom is -0.462 e. The molecule has 0 radical (unpaired) electrons. The summed E-state index contributed by atoms with van der Waals surface area (Å²) in [6.45, 7) is 2.13. The van der Waals surface area contributed by atoms with Crippen molar-refractivity contribution in [3.63, 3.8) is 0 Å². The second kappa shape index (κ2) is 7.42. The van der Waals surface area contributed by atoms with E-state index >= 15 is 0 Å². The number of nitriles is 1. The van der Waals surface area contributed by atoms with Gasteiger partial charge in [-0.25, -0.2) is 4.79 Å². The van der Waals surface area contributed by atoms with Crippen molar-refractivity contribution in [2.45, 2.75) is 6.92 Å². The Morgan fingerprint density at radius 2 is 1.71 bits per heavy atom. The van der Waals surface area contributed by atoms with Crippen LogP contribution < -0.4 is 0 Å². The molecule has 0 aliphatic rings. The third-order valence-corrected chi connectivity index (χ3v) is 4.70. The topological polar surface area (TPSA) is 55.0 Å². The number of rotatable bonds is 4. The molecular formula is C24H18N2O2. The van der Waals surface area contributed by atoms with E-state index in [4.69, 9.17) is 4.74 Å². The van der Waals surface area contributed by atoms with Gasteiger partial charge in [0.1, 0.15) is 6.07 Å². The first-order chi connectivity index (χ1) is 13.7. The normalized spacial score (nSPS) is 10.6. The molecule has 0 spiro atoms. The average molecular weight is 366 g/mol. The maximum atomic E-state index is 11.8. The molecule has 3 aromatic carbocycles. The van der Waals surface area contributed by atoms with Crippen LogP contribution in [0.4, 0.5) is 0 Å². The monoisotopic (exact) mass is 366 g/mol. The van der Waals surface area contributed by atoms with E-state index in [1.807, 2.05) is 53.4 Å². The summed E-state index contributed by atoms with van der Waals surface area (Å²) >= 11 is 0. The van der Waals surface area contributed by atoms with Gasteiger partial charge in [-0.1, -0.05) is 42.5 Å². The van der Waals surface area contributed by atoms with Gasteiger partial charge in [0.05, 0.1) is 17.7 Å². The molecule has 0 bridgehead atoms. The van der Waals surface area contributed by atoms with E-state index < -0.39 is 0 Å². The van der Waals surface area contributed by atoms with Gasteiger partial charge in [-0.05, 0) is 47.5 Å². The van der Waals surface area contributed by atoms with Crippen molar-refractivity contribution in [3.8, 4) is 22.9 Å². The minimum atomic E-state index is -0.337. The van der Waals surface area contributed by atoms with E-state index in [1.54, 1.807) is 19.1 Å². The highest BCUT2D eigenvalue weighted by molar-refractivity contribution is 5.97. The van der Waals surface area contributed by atoms with E-state index in [1.165, 1.54) is 0 Å². The van der Waals surface area contributed by atoms with Crippen LogP contribution in [0.2, 0.25) is 0 Å². The van der Waals surface area contributed by atoms with Gasteiger partial charge in [-0.2, -0.15) is 5.26 Å². The molecule has 1 heterocycles. The van der Waals surface area contributed by atoms with Crippen molar-refractivity contribution in [1.29, 1.82) is 5.26 Å². The number of aromatic nitrogens is 1. The SMILES string of the molecule is CCOC(=O)c1ccc(-n2cc(C#N)c(-c3cccc4ccccc34)c2)cc1. The van der Waals surface area contributed by atoms with E-state index in [0.29, 0.717) is 17.7 Å². The van der Waals surface area contributed by atoms with Crippen LogP contribution >= 0.6 is 0 Å². The zero-order chi connectivity index (χ0) is 19.5. The highest BCUT2D eigenvalue weighted by Crippen LogP contribution is 2.32. The fourth-order valence-electron chi connectivity index (χ4n) is 3.35. The Labute approximate surface area is 163 Å². The van der Waals surface area contributed by atoms with Crippen molar-refractivity contribution in [3.05, 3.63) is 90.3 Å². The first kappa shape index (κ1) is 17.6. The lowest BCUT2D eigenvalue weighted by Gasteiger charge is -2.06. The Hall–Kier alpha value is -3.84. The Balaban J connectivity index is 1.77. The second-order valence-electron chi connectivity index (χ2n) is 6.40. The minimum absolute atomic E-state index is 0.337. The Morgan fingerprint density at radius 3 is 2.46 bits per heavy atom. The lowest BCUT2D eigenvalue weighted by molar-refractivity contribution is 0.0526. The van der Waals surface area contributed by atoms with Crippen LogP contribution in [-0.2, 0) is 4.74 Å². The van der Waals surface area contributed by atoms with E-state index in [0.717, 1.165) is 27.6 Å². The molecule has 0 fully saturated rings. The Morgan fingerprint density at radius 1 is 0.964 bits per heavy atom. The summed E-state index contributed by atoms with van der Waals surface area (Å²) in [4.78, 5) is 11.8. The largest absolute Gasteiger partial charge is 0.462 e. The van der Waals surface area contributed by atoms with Gasteiger partial charge in [0, 0.05) is 23.6 Å². The summed E-state index contributed by atoms with van der Waals surface area (Å²) in [7, 11) is 0. The van der Waals surface area contributed by atoms with Crippen LogP contribution in [0.1, 0.15) is 22.8 Å². The number of benzene rings is 3. The van der Waals surface area contributed by atoms with Gasteiger partial charge >= 0.3 is 5.97 Å². The number of esters is 1. The van der Waals surface area contributed by atoms with Gasteiger partial charge in [0.15, 0.2) is 0 Å². The number of fused-ring (bicyclic) bond motifs is 1. The van der Waals surface area contributed by atoms with Crippen LogP contribution in [0.15, 0.2) is 79.1 Å². The molecule has 0 atom stereocenters. The lowest BCUT2D eigenvalue weighted by Crippen LogP contribution is -2.04. The highest BCUT2D eigenvalue weighted by Gasteiger charge is 2.13. The Bertz CT molecular complexity index is 1190. The molecule has 0 amide bonds. The Kier molecular flexibility index (Phi) is 4.65. The summed E-state index contributed by atoms with van der Waals surface area (Å²) in [5.74, 6) is -0.337. The van der Waals surface area contributed by atoms with Crippen molar-refractivity contribution in [1.82, 2.24) is 4.57 Å². The van der Waals surface area contributed by atoms with Crippen molar-refractivity contribution in [2.24, 2.45) is 0 Å². The van der Waals surface area contributed by atoms with Gasteiger partial charge in [-0.3, -0.25) is 0 Å². The molecule has 136 valence electrons. The number of nitrogens with zero attached hydrogens (tertiary/aromatic N) is 2. The van der Waals surface area contributed by atoms with E-state index in [2.05, 4.69) is 24.3 Å². The molecule has 4 rings (SSSR count). The highest BCUT2D eigenvalue weighted by atomic mass is 16.5. The molecule has 4 aromatic rings. The number of carbonyl (C=O) groups excluding carboxylic acids is 1. The molecular weight excluding hydrogens is 348 g/mol. The third kappa shape index (κ3) is 3.15. The van der Waals surface area contributed by atoms with Gasteiger partial charge in [-0.15, -0.1) is 0 Å². The quantitative estimate of drug-likeness (QED) is 0.458. The molecule has 4 heteroatoms. The predicted octanol–water partition coefficient (Wildman–Crippen LogP) is 5.35. The lowest BCUT2D eigenvalue weighted by atomic mass is 9.98. The zero-order valence-corrected chi connectivity index (χ0v) is 15.4. The maximum absolute atomic E-state index is 11.8. The van der Waals surface area contributed by atoms with Crippen LogP contribution in [0.5, 0.6) is 0 Å². The van der Waals surface area contributed by atoms with Crippen LogP contribution in [0.25, 0.3) is 27.6 Å². The van der Waals surface area contributed by atoms with E-state index in [9.17, 15) is 10.1 Å². The molecule has 0 aliphatic carbocycles. The number of hydrogen-bond acceptors (Lipinski definition) is 3. The first-order valence-corrected chi connectivity index (χ1v) is 9.09. The fraction of sp³-hybridized carbons (Fsp3) is 0.0833. The smallest absolute Gasteiger partial charge is 0.338 e. The molecule has 0 unspecified atom stereocenters. The number of hydrogen-bond donors (Lipinski definition) is 0. The number of ether oxygens (including phenoxy) is 1. The zero-order valence-electron chi connectivity index (χ0n) is 15.4. The molecule has 0 N–H and O–H groups in total. The van der Waals surface area contributed by atoms with Crippen molar-refractivity contribution < 1.29 is 9.53 Å². The van der Waals surface area contributed by atoms with Crippen molar-refractivity contribution >= 4 is 16.7 Å². The molecule has 1 aromatic heterocycles. The number of carbonyl (C=O) groups is 1.